The summed E-state index contributed by atoms with van der Waals surface area (Å²) in [6, 6.07) is 11.0. The number of nitrogens with zero attached hydrogens (tertiary/aromatic N) is 1. The number of nitrogens with one attached hydrogen (secondary N) is 1. The van der Waals surface area contributed by atoms with Gasteiger partial charge in [0, 0.05) is 41.3 Å². The Hall–Kier alpha value is -3.13. The van der Waals surface area contributed by atoms with Crippen molar-refractivity contribution in [3.63, 3.8) is 0 Å². The normalized spacial score (nSPS) is 14.7. The van der Waals surface area contributed by atoms with E-state index in [-0.39, 0.29) is 18.3 Å². The maximum absolute atomic E-state index is 13.4. The highest BCUT2D eigenvalue weighted by Crippen LogP contribution is 2.30. The molecule has 2 aromatic carbocycles. The van der Waals surface area contributed by atoms with Crippen LogP contribution < -0.4 is 0 Å². The van der Waals surface area contributed by atoms with Gasteiger partial charge in [-0.3, -0.25) is 4.79 Å². The van der Waals surface area contributed by atoms with Crippen LogP contribution in [0.25, 0.3) is 16.5 Å². The van der Waals surface area contributed by atoms with E-state index in [1.165, 1.54) is 12.1 Å². The maximum atomic E-state index is 13.4. The molecule has 0 aliphatic carbocycles. The van der Waals surface area contributed by atoms with Crippen LogP contribution in [0.1, 0.15) is 27.9 Å². The molecule has 162 valence electrons. The third-order valence-corrected chi connectivity index (χ3v) is 5.22. The largest absolute Gasteiger partial charge is 0.411 e. The third-order valence-electron chi connectivity index (χ3n) is 5.22. The quantitative estimate of drug-likeness (QED) is 0.555. The van der Waals surface area contributed by atoms with Gasteiger partial charge < -0.3 is 14.6 Å². The minimum absolute atomic E-state index is 0.140. The Morgan fingerprint density at radius 2 is 1.90 bits per heavy atom. The van der Waals surface area contributed by atoms with Crippen LogP contribution in [0.5, 0.6) is 0 Å². The Morgan fingerprint density at radius 3 is 2.58 bits per heavy atom. The standard InChI is InChI=1S/C23H20F4N2O2/c24-18-5-6-19-20(12-28-21(19)11-18)16-7-9-29(10-8-16)22(30)17-3-1-15(2-4-17)13-31-14-23(25,26)27/h1-7,11-12,28H,8-10,13-14H2. The SMILES string of the molecule is O=C(c1ccc(COCC(F)(F)F)cc1)N1CC=C(c2c[nH]c3cc(F)ccc23)CC1. The third kappa shape index (κ3) is 4.96. The van der Waals surface area contributed by atoms with Crippen molar-refractivity contribution in [3.05, 3.63) is 77.2 Å². The molecule has 0 atom stereocenters. The van der Waals surface area contributed by atoms with Gasteiger partial charge in [-0.2, -0.15) is 13.2 Å². The Morgan fingerprint density at radius 1 is 1.13 bits per heavy atom. The second-order valence-electron chi connectivity index (χ2n) is 7.43. The second-order valence-corrected chi connectivity index (χ2v) is 7.43. The fraction of sp³-hybridized carbons (Fsp3) is 0.261. The van der Waals surface area contributed by atoms with Crippen LogP contribution in [0.4, 0.5) is 17.6 Å². The van der Waals surface area contributed by atoms with E-state index >= 15 is 0 Å². The van der Waals surface area contributed by atoms with Gasteiger partial charge in [-0.25, -0.2) is 4.39 Å². The monoisotopic (exact) mass is 432 g/mol. The number of carbonyl (C=O) groups is 1. The Labute approximate surface area is 176 Å². The number of alkyl halides is 3. The fourth-order valence-electron chi connectivity index (χ4n) is 3.67. The molecule has 0 saturated heterocycles. The molecular formula is C23H20F4N2O2. The van der Waals surface area contributed by atoms with Gasteiger partial charge in [0.2, 0.25) is 0 Å². The molecule has 4 nitrogen and oxygen atoms in total. The first kappa shape index (κ1) is 21.1. The summed E-state index contributed by atoms with van der Waals surface area (Å²) in [5, 5.41) is 0.941. The summed E-state index contributed by atoms with van der Waals surface area (Å²) in [7, 11) is 0. The summed E-state index contributed by atoms with van der Waals surface area (Å²) in [6.07, 6.45) is 0.151. The lowest BCUT2D eigenvalue weighted by Crippen LogP contribution is -2.34. The van der Waals surface area contributed by atoms with E-state index < -0.39 is 12.8 Å². The topological polar surface area (TPSA) is 45.3 Å². The highest BCUT2D eigenvalue weighted by Gasteiger charge is 2.27. The number of aromatic amines is 1. The molecule has 0 radical (unpaired) electrons. The molecule has 0 unspecified atom stereocenters. The van der Waals surface area contributed by atoms with Gasteiger partial charge in [0.25, 0.3) is 5.91 Å². The number of hydrogen-bond acceptors (Lipinski definition) is 2. The number of halogens is 4. The smallest absolute Gasteiger partial charge is 0.367 e. The highest BCUT2D eigenvalue weighted by atomic mass is 19.4. The van der Waals surface area contributed by atoms with Crippen molar-refractivity contribution >= 4 is 22.4 Å². The number of ether oxygens (including phenoxy) is 1. The number of H-pyrrole nitrogens is 1. The van der Waals surface area contributed by atoms with Crippen LogP contribution in [0.15, 0.2) is 54.7 Å². The van der Waals surface area contributed by atoms with E-state index in [2.05, 4.69) is 9.72 Å². The van der Waals surface area contributed by atoms with E-state index in [4.69, 9.17) is 0 Å². The first-order valence-electron chi connectivity index (χ1n) is 9.79. The molecule has 1 aliphatic rings. The van der Waals surface area contributed by atoms with Crippen molar-refractivity contribution < 1.29 is 27.1 Å². The molecule has 4 rings (SSSR count). The number of aromatic nitrogens is 1. The molecular weight excluding hydrogens is 412 g/mol. The molecule has 1 N–H and O–H groups in total. The molecule has 0 saturated carbocycles. The number of fused-ring (bicyclic) bond motifs is 1. The van der Waals surface area contributed by atoms with Gasteiger partial charge in [0.1, 0.15) is 12.4 Å². The first-order chi connectivity index (χ1) is 14.8. The number of hydrogen-bond donors (Lipinski definition) is 1. The summed E-state index contributed by atoms with van der Waals surface area (Å²) in [6.45, 7) is -0.493. The summed E-state index contributed by atoms with van der Waals surface area (Å²) in [5.74, 6) is -0.438. The van der Waals surface area contributed by atoms with Crippen LogP contribution >= 0.6 is 0 Å². The predicted molar refractivity (Wildman–Crippen MR) is 109 cm³/mol. The van der Waals surface area contributed by atoms with Crippen molar-refractivity contribution in [1.29, 1.82) is 0 Å². The Balaban J connectivity index is 1.39. The van der Waals surface area contributed by atoms with Crippen LogP contribution in [0, 0.1) is 5.82 Å². The molecule has 0 bridgehead atoms. The van der Waals surface area contributed by atoms with Gasteiger partial charge >= 0.3 is 6.18 Å². The Bertz CT molecular complexity index is 1120. The van der Waals surface area contributed by atoms with E-state index in [0.717, 1.165) is 22.0 Å². The van der Waals surface area contributed by atoms with Gasteiger partial charge in [-0.1, -0.05) is 18.2 Å². The van der Waals surface area contributed by atoms with E-state index in [1.807, 2.05) is 12.3 Å². The summed E-state index contributed by atoms with van der Waals surface area (Å²) in [5.41, 5.74) is 3.87. The average molecular weight is 432 g/mol. The molecule has 3 aromatic rings. The van der Waals surface area contributed by atoms with Gasteiger partial charge in [0.15, 0.2) is 0 Å². The fourth-order valence-corrected chi connectivity index (χ4v) is 3.67. The van der Waals surface area contributed by atoms with Gasteiger partial charge in [0.05, 0.1) is 6.61 Å². The Kier molecular flexibility index (Phi) is 5.82. The average Bonchev–Trinajstić information content (AvgIpc) is 3.16. The first-order valence-corrected chi connectivity index (χ1v) is 9.79. The summed E-state index contributed by atoms with van der Waals surface area (Å²) >= 11 is 0. The lowest BCUT2D eigenvalue weighted by atomic mass is 9.98. The zero-order chi connectivity index (χ0) is 22.0. The zero-order valence-electron chi connectivity index (χ0n) is 16.5. The molecule has 1 aliphatic heterocycles. The number of benzene rings is 2. The maximum Gasteiger partial charge on any atom is 0.411 e. The number of amides is 1. The van der Waals surface area contributed by atoms with E-state index in [1.54, 1.807) is 35.2 Å². The van der Waals surface area contributed by atoms with Crippen molar-refractivity contribution in [2.75, 3.05) is 19.7 Å². The zero-order valence-corrected chi connectivity index (χ0v) is 16.5. The molecule has 31 heavy (non-hydrogen) atoms. The predicted octanol–water partition coefficient (Wildman–Crippen LogP) is 5.32. The highest BCUT2D eigenvalue weighted by molar-refractivity contribution is 5.96. The lowest BCUT2D eigenvalue weighted by molar-refractivity contribution is -0.176. The van der Waals surface area contributed by atoms with Crippen LogP contribution in [-0.4, -0.2) is 41.7 Å². The van der Waals surface area contributed by atoms with Crippen molar-refractivity contribution in [2.24, 2.45) is 0 Å². The molecule has 0 spiro atoms. The van der Waals surface area contributed by atoms with Crippen molar-refractivity contribution in [3.8, 4) is 0 Å². The molecule has 0 fully saturated rings. The van der Waals surface area contributed by atoms with E-state index in [9.17, 15) is 22.4 Å². The van der Waals surface area contributed by atoms with Crippen LogP contribution in [-0.2, 0) is 11.3 Å². The van der Waals surface area contributed by atoms with Crippen molar-refractivity contribution in [2.45, 2.75) is 19.2 Å². The van der Waals surface area contributed by atoms with E-state index in [0.29, 0.717) is 30.6 Å². The minimum Gasteiger partial charge on any atom is -0.367 e. The number of carbonyl (C=O) groups excluding carboxylic acids is 1. The molecule has 1 aromatic heterocycles. The minimum atomic E-state index is -4.36. The van der Waals surface area contributed by atoms with Crippen molar-refractivity contribution in [1.82, 2.24) is 9.88 Å². The second kappa shape index (κ2) is 8.55. The van der Waals surface area contributed by atoms with Crippen LogP contribution in [0.2, 0.25) is 0 Å². The molecule has 1 amide bonds. The van der Waals surface area contributed by atoms with Crippen LogP contribution in [0.3, 0.4) is 0 Å². The summed E-state index contributed by atoms with van der Waals surface area (Å²) in [4.78, 5) is 17.6. The molecule has 2 heterocycles. The lowest BCUT2D eigenvalue weighted by Gasteiger charge is -2.26. The van der Waals surface area contributed by atoms with Gasteiger partial charge in [-0.15, -0.1) is 0 Å². The molecule has 8 heteroatoms. The summed E-state index contributed by atoms with van der Waals surface area (Å²) < 4.78 is 54.5. The number of rotatable bonds is 5. The van der Waals surface area contributed by atoms with Gasteiger partial charge in [-0.05, 0) is 47.9 Å².